The number of carboxylic acid groups (broad SMARTS) is 1. The molecule has 1 fully saturated rings. The third-order valence-corrected chi connectivity index (χ3v) is 3.52. The molecule has 1 heterocycles. The first-order chi connectivity index (χ1) is 8.52. The summed E-state index contributed by atoms with van der Waals surface area (Å²) in [6.45, 7) is 3.46. The van der Waals surface area contributed by atoms with Crippen LogP contribution < -0.4 is 0 Å². The summed E-state index contributed by atoms with van der Waals surface area (Å²) in [5.74, 6) is -3.20. The van der Waals surface area contributed by atoms with Crippen LogP contribution in [0.15, 0.2) is 18.2 Å². The van der Waals surface area contributed by atoms with Crippen molar-refractivity contribution in [1.29, 1.82) is 0 Å². The summed E-state index contributed by atoms with van der Waals surface area (Å²) in [6, 6.07) is 3.20. The largest absolute Gasteiger partial charge is 0.481 e. The third-order valence-electron chi connectivity index (χ3n) is 3.52. The van der Waals surface area contributed by atoms with E-state index in [2.05, 4.69) is 0 Å². The van der Waals surface area contributed by atoms with Gasteiger partial charge in [0.25, 0.3) is 0 Å². The molecular weight excluding hydrogens is 240 g/mol. The molecule has 1 saturated heterocycles. The van der Waals surface area contributed by atoms with Crippen molar-refractivity contribution in [3.63, 3.8) is 0 Å². The Bertz CT molecular complexity index is 464. The van der Waals surface area contributed by atoms with Gasteiger partial charge in [-0.1, -0.05) is 6.92 Å². The first-order valence-corrected chi connectivity index (χ1v) is 5.93. The molecule has 2 atom stereocenters. The molecule has 2 rings (SSSR count). The zero-order valence-corrected chi connectivity index (χ0v) is 10.1. The van der Waals surface area contributed by atoms with Gasteiger partial charge in [0.2, 0.25) is 0 Å². The number of likely N-dealkylation sites (N-methyl/N-ethyl adjacent to an activating group) is 1. The average Bonchev–Trinajstić information content (AvgIpc) is 2.76. The molecule has 0 saturated carbocycles. The zero-order chi connectivity index (χ0) is 13.3. The minimum Gasteiger partial charge on any atom is -0.481 e. The van der Waals surface area contributed by atoms with Crippen LogP contribution in [0.4, 0.5) is 8.78 Å². The first-order valence-electron chi connectivity index (χ1n) is 5.93. The molecule has 0 spiro atoms. The molecule has 0 bridgehead atoms. The van der Waals surface area contributed by atoms with E-state index in [1.54, 1.807) is 0 Å². The fourth-order valence-corrected chi connectivity index (χ4v) is 2.51. The van der Waals surface area contributed by atoms with Crippen LogP contribution in [-0.4, -0.2) is 35.6 Å². The van der Waals surface area contributed by atoms with Gasteiger partial charge in [0.05, 0.1) is 5.92 Å². The van der Waals surface area contributed by atoms with E-state index in [0.29, 0.717) is 19.6 Å². The molecule has 5 heteroatoms. The Balaban J connectivity index is 2.35. The Morgan fingerprint density at radius 1 is 1.44 bits per heavy atom. The molecule has 2 unspecified atom stereocenters. The second-order valence-electron chi connectivity index (χ2n) is 4.57. The maximum Gasteiger partial charge on any atom is 0.308 e. The van der Waals surface area contributed by atoms with E-state index < -0.39 is 29.4 Å². The molecule has 0 aliphatic carbocycles. The molecular formula is C13H15F2NO2. The molecule has 1 aromatic carbocycles. The van der Waals surface area contributed by atoms with Crippen LogP contribution in [0.1, 0.15) is 18.4 Å². The van der Waals surface area contributed by atoms with E-state index in [-0.39, 0.29) is 5.56 Å². The highest BCUT2D eigenvalue weighted by atomic mass is 19.1. The van der Waals surface area contributed by atoms with Gasteiger partial charge in [-0.05, 0) is 30.3 Å². The van der Waals surface area contributed by atoms with Gasteiger partial charge >= 0.3 is 5.97 Å². The summed E-state index contributed by atoms with van der Waals surface area (Å²) in [6.07, 6.45) is 0. The van der Waals surface area contributed by atoms with Gasteiger partial charge < -0.3 is 10.0 Å². The lowest BCUT2D eigenvalue weighted by atomic mass is 9.88. The summed E-state index contributed by atoms with van der Waals surface area (Å²) >= 11 is 0. The van der Waals surface area contributed by atoms with Crippen molar-refractivity contribution in [3.8, 4) is 0 Å². The SMILES string of the molecule is CCN1CC(C(=O)O)C(c2cc(F)ccc2F)C1. The number of rotatable bonds is 3. The van der Waals surface area contributed by atoms with Crippen molar-refractivity contribution < 1.29 is 18.7 Å². The number of carboxylic acids is 1. The van der Waals surface area contributed by atoms with Gasteiger partial charge in [0.15, 0.2) is 0 Å². The highest BCUT2D eigenvalue weighted by Crippen LogP contribution is 2.34. The van der Waals surface area contributed by atoms with Crippen LogP contribution in [0.2, 0.25) is 0 Å². The van der Waals surface area contributed by atoms with Crippen molar-refractivity contribution >= 4 is 5.97 Å². The van der Waals surface area contributed by atoms with Gasteiger partial charge in [-0.2, -0.15) is 0 Å². The topological polar surface area (TPSA) is 40.5 Å². The van der Waals surface area contributed by atoms with Crippen LogP contribution in [0.5, 0.6) is 0 Å². The number of nitrogens with zero attached hydrogens (tertiary/aromatic N) is 1. The second kappa shape index (κ2) is 5.02. The third kappa shape index (κ3) is 2.36. The van der Waals surface area contributed by atoms with Crippen molar-refractivity contribution in [2.75, 3.05) is 19.6 Å². The summed E-state index contributed by atoms with van der Waals surface area (Å²) in [5, 5.41) is 9.18. The van der Waals surface area contributed by atoms with Crippen molar-refractivity contribution in [1.82, 2.24) is 4.90 Å². The predicted molar refractivity (Wildman–Crippen MR) is 62.3 cm³/mol. The van der Waals surface area contributed by atoms with Gasteiger partial charge in [0, 0.05) is 19.0 Å². The maximum atomic E-state index is 13.7. The minimum atomic E-state index is -0.959. The van der Waals surface area contributed by atoms with E-state index in [0.717, 1.165) is 18.2 Å². The van der Waals surface area contributed by atoms with Crippen LogP contribution >= 0.6 is 0 Å². The Hall–Kier alpha value is -1.49. The smallest absolute Gasteiger partial charge is 0.308 e. The molecule has 1 N–H and O–H groups in total. The Morgan fingerprint density at radius 3 is 2.78 bits per heavy atom. The second-order valence-corrected chi connectivity index (χ2v) is 4.57. The molecule has 98 valence electrons. The zero-order valence-electron chi connectivity index (χ0n) is 10.1. The number of likely N-dealkylation sites (tertiary alicyclic amines) is 1. The monoisotopic (exact) mass is 255 g/mol. The van der Waals surface area contributed by atoms with Crippen LogP contribution in [-0.2, 0) is 4.79 Å². The summed E-state index contributed by atoms with van der Waals surface area (Å²) < 4.78 is 26.9. The lowest BCUT2D eigenvalue weighted by Gasteiger charge is -2.16. The van der Waals surface area contributed by atoms with Crippen LogP contribution in [0.25, 0.3) is 0 Å². The Kier molecular flexibility index (Phi) is 3.61. The van der Waals surface area contributed by atoms with Gasteiger partial charge in [-0.15, -0.1) is 0 Å². The fraction of sp³-hybridized carbons (Fsp3) is 0.462. The number of aliphatic carboxylic acids is 1. The number of hydrogen-bond donors (Lipinski definition) is 1. The molecule has 1 aliphatic heterocycles. The molecule has 0 amide bonds. The number of halogens is 2. The highest BCUT2D eigenvalue weighted by Gasteiger charge is 2.39. The van der Waals surface area contributed by atoms with Crippen molar-refractivity contribution in [2.24, 2.45) is 5.92 Å². The van der Waals surface area contributed by atoms with Crippen LogP contribution in [0, 0.1) is 17.6 Å². The molecule has 1 aliphatic rings. The summed E-state index contributed by atoms with van der Waals surface area (Å²) in [5.41, 5.74) is 0.165. The van der Waals surface area contributed by atoms with Crippen molar-refractivity contribution in [2.45, 2.75) is 12.8 Å². The number of carbonyl (C=O) groups is 1. The number of benzene rings is 1. The summed E-state index contributed by atoms with van der Waals surface area (Å²) in [4.78, 5) is 13.1. The van der Waals surface area contributed by atoms with Gasteiger partial charge in [-0.3, -0.25) is 4.79 Å². The Morgan fingerprint density at radius 2 is 2.17 bits per heavy atom. The van der Waals surface area contributed by atoms with E-state index >= 15 is 0 Å². The summed E-state index contributed by atoms with van der Waals surface area (Å²) in [7, 11) is 0. The quantitative estimate of drug-likeness (QED) is 0.899. The lowest BCUT2D eigenvalue weighted by Crippen LogP contribution is -2.23. The predicted octanol–water partition coefficient (Wildman–Crippen LogP) is 2.08. The van der Waals surface area contributed by atoms with Crippen molar-refractivity contribution in [3.05, 3.63) is 35.4 Å². The van der Waals surface area contributed by atoms with E-state index in [1.807, 2.05) is 11.8 Å². The molecule has 0 radical (unpaired) electrons. The minimum absolute atomic E-state index is 0.165. The standard InChI is InChI=1S/C13H15F2NO2/c1-2-16-6-10(11(7-16)13(17)18)9-5-8(14)3-4-12(9)15/h3-5,10-11H,2,6-7H2,1H3,(H,17,18). The highest BCUT2D eigenvalue weighted by molar-refractivity contribution is 5.72. The average molecular weight is 255 g/mol. The molecule has 18 heavy (non-hydrogen) atoms. The Labute approximate surface area is 104 Å². The first kappa shape index (κ1) is 13.0. The molecule has 3 nitrogen and oxygen atoms in total. The van der Waals surface area contributed by atoms with E-state index in [1.165, 1.54) is 0 Å². The molecule has 0 aromatic heterocycles. The van der Waals surface area contributed by atoms with E-state index in [9.17, 15) is 18.7 Å². The van der Waals surface area contributed by atoms with Gasteiger partial charge in [-0.25, -0.2) is 8.78 Å². The lowest BCUT2D eigenvalue weighted by molar-refractivity contribution is -0.141. The normalized spacial score (nSPS) is 24.4. The van der Waals surface area contributed by atoms with E-state index in [4.69, 9.17) is 0 Å². The van der Waals surface area contributed by atoms with Gasteiger partial charge in [0.1, 0.15) is 11.6 Å². The number of hydrogen-bond acceptors (Lipinski definition) is 2. The molecule has 1 aromatic rings. The fourth-order valence-electron chi connectivity index (χ4n) is 2.51. The maximum absolute atomic E-state index is 13.7. The van der Waals surface area contributed by atoms with Crippen LogP contribution in [0.3, 0.4) is 0 Å².